The molecule has 0 atom stereocenters. The first kappa shape index (κ1) is 8.61. The van der Waals surface area contributed by atoms with Crippen molar-refractivity contribution in [1.82, 2.24) is 0 Å². The molecule has 1 aliphatic rings. The fourth-order valence-electron chi connectivity index (χ4n) is 1.39. The number of fused-ring (bicyclic) bond motifs is 1. The maximum atomic E-state index is 13.2. The molecule has 0 fully saturated rings. The summed E-state index contributed by atoms with van der Waals surface area (Å²) in [6.07, 6.45) is -0.00602. The van der Waals surface area contributed by atoms with Crippen molar-refractivity contribution >= 4 is 17.3 Å². The summed E-state index contributed by atoms with van der Waals surface area (Å²) >= 11 is 0. The first-order valence-corrected chi connectivity index (χ1v) is 3.84. The van der Waals surface area contributed by atoms with Crippen molar-refractivity contribution in [1.29, 1.82) is 0 Å². The van der Waals surface area contributed by atoms with Gasteiger partial charge < -0.3 is 5.32 Å². The molecule has 0 saturated carbocycles. The molecular weight excluding hydrogens is 191 g/mol. The van der Waals surface area contributed by atoms with Gasteiger partial charge in [0.25, 0.3) is 5.69 Å². The minimum atomic E-state index is -0.764. The smallest absolute Gasteiger partial charge is 0.272 e. The molecule has 0 aliphatic carbocycles. The zero-order chi connectivity index (χ0) is 10.3. The average molecular weight is 196 g/mol. The van der Waals surface area contributed by atoms with E-state index in [4.69, 9.17) is 0 Å². The van der Waals surface area contributed by atoms with Gasteiger partial charge in [-0.1, -0.05) is 0 Å². The molecule has 0 aromatic heterocycles. The van der Waals surface area contributed by atoms with Crippen molar-refractivity contribution in [3.63, 3.8) is 0 Å². The van der Waals surface area contributed by atoms with Crippen LogP contribution in [0.3, 0.4) is 0 Å². The van der Waals surface area contributed by atoms with Gasteiger partial charge in [-0.25, -0.2) is 4.39 Å². The second-order valence-corrected chi connectivity index (χ2v) is 2.94. The van der Waals surface area contributed by atoms with Gasteiger partial charge in [0.05, 0.1) is 23.1 Å². The van der Waals surface area contributed by atoms with Gasteiger partial charge >= 0.3 is 0 Å². The van der Waals surface area contributed by atoms with Crippen LogP contribution >= 0.6 is 0 Å². The van der Waals surface area contributed by atoms with Crippen LogP contribution in [0.2, 0.25) is 0 Å². The first-order chi connectivity index (χ1) is 6.58. The Hall–Kier alpha value is -1.98. The summed E-state index contributed by atoms with van der Waals surface area (Å²) < 4.78 is 13.2. The minimum Gasteiger partial charge on any atom is -0.323 e. The lowest BCUT2D eigenvalue weighted by molar-refractivity contribution is -0.385. The molecule has 14 heavy (non-hydrogen) atoms. The van der Waals surface area contributed by atoms with Crippen molar-refractivity contribution in [2.75, 3.05) is 5.32 Å². The largest absolute Gasteiger partial charge is 0.323 e. The number of hydrogen-bond acceptors (Lipinski definition) is 3. The van der Waals surface area contributed by atoms with Crippen LogP contribution in [0.4, 0.5) is 15.8 Å². The zero-order valence-corrected chi connectivity index (χ0v) is 6.91. The van der Waals surface area contributed by atoms with Crippen LogP contribution < -0.4 is 5.32 Å². The Bertz CT molecular complexity index is 444. The Morgan fingerprint density at radius 2 is 2.21 bits per heavy atom. The van der Waals surface area contributed by atoms with Gasteiger partial charge in [-0.15, -0.1) is 0 Å². The summed E-state index contributed by atoms with van der Waals surface area (Å²) in [6, 6.07) is 2.00. The summed E-state index contributed by atoms with van der Waals surface area (Å²) in [5.41, 5.74) is 0.0556. The molecule has 72 valence electrons. The monoisotopic (exact) mass is 196 g/mol. The molecule has 1 heterocycles. The van der Waals surface area contributed by atoms with E-state index < -0.39 is 10.7 Å². The van der Waals surface area contributed by atoms with Gasteiger partial charge in [0.1, 0.15) is 0 Å². The highest BCUT2D eigenvalue weighted by atomic mass is 19.1. The Labute approximate surface area is 77.7 Å². The lowest BCUT2D eigenvalue weighted by atomic mass is 10.1. The van der Waals surface area contributed by atoms with Crippen LogP contribution in [-0.4, -0.2) is 10.8 Å². The van der Waals surface area contributed by atoms with Crippen molar-refractivity contribution < 1.29 is 14.1 Å². The quantitative estimate of drug-likeness (QED) is 0.542. The van der Waals surface area contributed by atoms with Crippen molar-refractivity contribution in [2.24, 2.45) is 0 Å². The molecule has 1 aliphatic heterocycles. The number of rotatable bonds is 1. The van der Waals surface area contributed by atoms with Gasteiger partial charge in [-0.05, 0) is 5.56 Å². The summed E-state index contributed by atoms with van der Waals surface area (Å²) in [5.74, 6) is -1.11. The molecule has 0 spiro atoms. The maximum absolute atomic E-state index is 13.2. The second-order valence-electron chi connectivity index (χ2n) is 2.94. The standard InChI is InChI=1S/C8H5FN2O3/c9-6-3-5(11(13)14)1-4-2-7(12)10-8(4)6/h1,3H,2H2,(H,10,12). The van der Waals surface area contributed by atoms with Gasteiger partial charge in [-0.2, -0.15) is 0 Å². The molecule has 1 amide bonds. The summed E-state index contributed by atoms with van der Waals surface area (Å²) in [4.78, 5) is 20.6. The SMILES string of the molecule is O=C1Cc2cc([N+](=O)[O-])cc(F)c2N1. The molecule has 0 saturated heterocycles. The van der Waals surface area contributed by atoms with E-state index in [1.165, 1.54) is 6.07 Å². The van der Waals surface area contributed by atoms with E-state index in [2.05, 4.69) is 5.32 Å². The molecule has 1 aromatic carbocycles. The number of hydrogen-bond donors (Lipinski definition) is 1. The number of benzene rings is 1. The fraction of sp³-hybridized carbons (Fsp3) is 0.125. The molecule has 1 N–H and O–H groups in total. The normalized spacial score (nSPS) is 13.6. The molecule has 2 rings (SSSR count). The van der Waals surface area contributed by atoms with Crippen LogP contribution in [-0.2, 0) is 11.2 Å². The number of nitro benzene ring substituents is 1. The molecule has 5 nitrogen and oxygen atoms in total. The Balaban J connectivity index is 2.56. The van der Waals surface area contributed by atoms with Crippen LogP contribution in [0.25, 0.3) is 0 Å². The third-order valence-electron chi connectivity index (χ3n) is 1.98. The third kappa shape index (κ3) is 1.20. The van der Waals surface area contributed by atoms with Gasteiger partial charge in [0, 0.05) is 6.07 Å². The molecule has 0 unspecified atom stereocenters. The number of nitrogens with one attached hydrogen (secondary N) is 1. The Morgan fingerprint density at radius 3 is 2.86 bits per heavy atom. The van der Waals surface area contributed by atoms with Crippen molar-refractivity contribution in [3.8, 4) is 0 Å². The highest BCUT2D eigenvalue weighted by molar-refractivity contribution is 5.99. The minimum absolute atomic E-state index is 0.00602. The number of anilines is 1. The van der Waals surface area contributed by atoms with Gasteiger partial charge in [-0.3, -0.25) is 14.9 Å². The van der Waals surface area contributed by atoms with E-state index in [1.54, 1.807) is 0 Å². The third-order valence-corrected chi connectivity index (χ3v) is 1.98. The molecule has 1 aromatic rings. The molecule has 0 radical (unpaired) electrons. The van der Waals surface area contributed by atoms with Crippen molar-refractivity contribution in [2.45, 2.75) is 6.42 Å². The number of nitro groups is 1. The number of halogens is 1. The number of non-ortho nitro benzene ring substituents is 1. The zero-order valence-electron chi connectivity index (χ0n) is 6.91. The molecular formula is C8H5FN2O3. The van der Waals surface area contributed by atoms with Crippen LogP contribution in [0.5, 0.6) is 0 Å². The van der Waals surface area contributed by atoms with E-state index in [9.17, 15) is 19.3 Å². The van der Waals surface area contributed by atoms with Crippen LogP contribution in [0, 0.1) is 15.9 Å². The summed E-state index contributed by atoms with van der Waals surface area (Å²) in [7, 11) is 0. The van der Waals surface area contributed by atoms with E-state index >= 15 is 0 Å². The highest BCUT2D eigenvalue weighted by Crippen LogP contribution is 2.30. The van der Waals surface area contributed by atoms with Crippen LogP contribution in [0.1, 0.15) is 5.56 Å². The van der Waals surface area contributed by atoms with E-state index in [0.717, 1.165) is 6.07 Å². The van der Waals surface area contributed by atoms with Gasteiger partial charge in [0.15, 0.2) is 5.82 Å². The topological polar surface area (TPSA) is 72.2 Å². The summed E-state index contributed by atoms with van der Waals surface area (Å²) in [6.45, 7) is 0. The van der Waals surface area contributed by atoms with Gasteiger partial charge in [0.2, 0.25) is 5.91 Å². The number of carbonyl (C=O) groups excluding carboxylic acids is 1. The lowest BCUT2D eigenvalue weighted by Gasteiger charge is -1.99. The predicted molar refractivity (Wildman–Crippen MR) is 45.4 cm³/mol. The van der Waals surface area contributed by atoms with Crippen LogP contribution in [0.15, 0.2) is 12.1 Å². The van der Waals surface area contributed by atoms with E-state index in [0.29, 0.717) is 5.56 Å². The number of carbonyl (C=O) groups is 1. The predicted octanol–water partition coefficient (Wildman–Crippen LogP) is 1.23. The number of nitrogens with zero attached hydrogens (tertiary/aromatic N) is 1. The van der Waals surface area contributed by atoms with E-state index in [1.807, 2.05) is 0 Å². The second kappa shape index (κ2) is 2.76. The first-order valence-electron chi connectivity index (χ1n) is 3.84. The Morgan fingerprint density at radius 1 is 1.50 bits per heavy atom. The molecule has 6 heteroatoms. The van der Waals surface area contributed by atoms with Crippen molar-refractivity contribution in [3.05, 3.63) is 33.6 Å². The summed E-state index contributed by atoms with van der Waals surface area (Å²) in [5, 5.41) is 12.7. The fourth-order valence-corrected chi connectivity index (χ4v) is 1.39. The number of amides is 1. The highest BCUT2D eigenvalue weighted by Gasteiger charge is 2.24. The van der Waals surface area contributed by atoms with E-state index in [-0.39, 0.29) is 23.7 Å². The average Bonchev–Trinajstić information content (AvgIpc) is 2.45. The lowest BCUT2D eigenvalue weighted by Crippen LogP contribution is -2.04. The maximum Gasteiger partial charge on any atom is 0.272 e. The molecule has 0 bridgehead atoms. The Kier molecular flexibility index (Phi) is 1.70.